The third-order valence-electron chi connectivity index (χ3n) is 3.26. The van der Waals surface area contributed by atoms with Crippen molar-refractivity contribution in [2.24, 2.45) is 5.92 Å². The summed E-state index contributed by atoms with van der Waals surface area (Å²) in [5, 5.41) is 2.87. The van der Waals surface area contributed by atoms with E-state index in [1.165, 1.54) is 10.6 Å². The Bertz CT molecular complexity index is 424. The SMILES string of the molecule is CCOCC(=O)N[C@@H]1CN(S(C)(=O)=O)C[C@H]1CN(C)C. The molecule has 0 spiro atoms. The Kier molecular flexibility index (Phi) is 6.38. The molecule has 2 atom stereocenters. The van der Waals surface area contributed by atoms with Crippen LogP contribution in [0.1, 0.15) is 6.92 Å². The van der Waals surface area contributed by atoms with Crippen molar-refractivity contribution in [3.05, 3.63) is 0 Å². The molecule has 1 aliphatic heterocycles. The maximum atomic E-state index is 11.7. The molecule has 7 nitrogen and oxygen atoms in total. The lowest BCUT2D eigenvalue weighted by atomic mass is 10.0. The van der Waals surface area contributed by atoms with E-state index in [-0.39, 0.29) is 24.5 Å². The van der Waals surface area contributed by atoms with Crippen LogP contribution in [0.3, 0.4) is 0 Å². The molecule has 0 radical (unpaired) electrons. The Morgan fingerprint density at radius 3 is 2.55 bits per heavy atom. The highest BCUT2D eigenvalue weighted by Crippen LogP contribution is 2.20. The topological polar surface area (TPSA) is 79.0 Å². The number of nitrogens with one attached hydrogen (secondary N) is 1. The van der Waals surface area contributed by atoms with Gasteiger partial charge in [0.1, 0.15) is 6.61 Å². The van der Waals surface area contributed by atoms with Gasteiger partial charge in [-0.25, -0.2) is 8.42 Å². The molecule has 0 aromatic heterocycles. The van der Waals surface area contributed by atoms with Crippen LogP contribution in [0.5, 0.6) is 0 Å². The van der Waals surface area contributed by atoms with E-state index in [0.29, 0.717) is 19.7 Å². The second kappa shape index (κ2) is 7.35. The third-order valence-corrected chi connectivity index (χ3v) is 4.50. The highest BCUT2D eigenvalue weighted by Gasteiger charge is 2.37. The van der Waals surface area contributed by atoms with Crippen molar-refractivity contribution in [2.45, 2.75) is 13.0 Å². The summed E-state index contributed by atoms with van der Waals surface area (Å²) in [6.07, 6.45) is 1.20. The molecule has 1 N–H and O–H groups in total. The molecule has 0 aliphatic carbocycles. The van der Waals surface area contributed by atoms with Crippen molar-refractivity contribution in [2.75, 3.05) is 53.2 Å². The standard InChI is InChI=1S/C12H25N3O4S/c1-5-19-9-12(16)13-11-8-15(20(4,17)18)7-10(11)6-14(2)3/h10-11H,5-9H2,1-4H3,(H,13,16)/t10-,11-/m1/s1. The normalized spacial score (nSPS) is 24.2. The van der Waals surface area contributed by atoms with Gasteiger partial charge in [-0.1, -0.05) is 0 Å². The average molecular weight is 307 g/mol. The third kappa shape index (κ3) is 5.35. The van der Waals surface area contributed by atoms with Gasteiger partial charge in [0, 0.05) is 38.2 Å². The van der Waals surface area contributed by atoms with Crippen molar-refractivity contribution in [3.8, 4) is 0 Å². The fourth-order valence-electron chi connectivity index (χ4n) is 2.36. The van der Waals surface area contributed by atoms with E-state index in [4.69, 9.17) is 4.74 Å². The minimum Gasteiger partial charge on any atom is -0.372 e. The number of carbonyl (C=O) groups is 1. The maximum absolute atomic E-state index is 11.7. The molecule has 1 amide bonds. The Balaban J connectivity index is 2.67. The van der Waals surface area contributed by atoms with E-state index < -0.39 is 10.0 Å². The van der Waals surface area contributed by atoms with E-state index in [9.17, 15) is 13.2 Å². The first-order valence-corrected chi connectivity index (χ1v) is 8.55. The summed E-state index contributed by atoms with van der Waals surface area (Å²) in [7, 11) is 0.641. The molecular weight excluding hydrogens is 282 g/mol. The molecule has 118 valence electrons. The van der Waals surface area contributed by atoms with Crippen LogP contribution in [0.15, 0.2) is 0 Å². The fraction of sp³-hybridized carbons (Fsp3) is 0.917. The number of rotatable bonds is 7. The van der Waals surface area contributed by atoms with Crippen LogP contribution in [0.4, 0.5) is 0 Å². The molecule has 0 bridgehead atoms. The lowest BCUT2D eigenvalue weighted by Crippen LogP contribution is -2.44. The summed E-state index contributed by atoms with van der Waals surface area (Å²) >= 11 is 0. The highest BCUT2D eigenvalue weighted by atomic mass is 32.2. The Morgan fingerprint density at radius 2 is 2.05 bits per heavy atom. The van der Waals surface area contributed by atoms with E-state index in [1.807, 2.05) is 25.9 Å². The molecule has 1 saturated heterocycles. The number of hydrogen-bond donors (Lipinski definition) is 1. The molecule has 1 heterocycles. The summed E-state index contributed by atoms with van der Waals surface area (Å²) in [5.41, 5.74) is 0. The van der Waals surface area contributed by atoms with Gasteiger partial charge in [-0.2, -0.15) is 4.31 Å². The minimum absolute atomic E-state index is 0.0144. The molecule has 8 heteroatoms. The van der Waals surface area contributed by atoms with E-state index in [1.54, 1.807) is 0 Å². The van der Waals surface area contributed by atoms with Gasteiger partial charge >= 0.3 is 0 Å². The summed E-state index contributed by atoms with van der Waals surface area (Å²) < 4.78 is 29.8. The molecule has 0 saturated carbocycles. The number of sulfonamides is 1. The van der Waals surface area contributed by atoms with Gasteiger partial charge in [0.15, 0.2) is 0 Å². The van der Waals surface area contributed by atoms with Gasteiger partial charge in [-0.15, -0.1) is 0 Å². The Hall–Kier alpha value is -0.700. The largest absolute Gasteiger partial charge is 0.372 e. The van der Waals surface area contributed by atoms with Crippen molar-refractivity contribution < 1.29 is 17.9 Å². The van der Waals surface area contributed by atoms with Gasteiger partial charge in [0.25, 0.3) is 0 Å². The monoisotopic (exact) mass is 307 g/mol. The number of hydrogen-bond acceptors (Lipinski definition) is 5. The molecule has 20 heavy (non-hydrogen) atoms. The summed E-state index contributed by atoms with van der Waals surface area (Å²) in [5.74, 6) is -0.110. The van der Waals surface area contributed by atoms with Gasteiger partial charge in [0.2, 0.25) is 15.9 Å². The first kappa shape index (κ1) is 17.4. The molecular formula is C12H25N3O4S. The quantitative estimate of drug-likeness (QED) is 0.650. The molecule has 1 aliphatic rings. The van der Waals surface area contributed by atoms with Crippen molar-refractivity contribution in [1.29, 1.82) is 0 Å². The first-order chi connectivity index (χ1) is 9.24. The number of ether oxygens (including phenoxy) is 1. The number of nitrogens with zero attached hydrogens (tertiary/aromatic N) is 2. The predicted octanol–water partition coefficient (Wildman–Crippen LogP) is -1.04. The fourth-order valence-corrected chi connectivity index (χ4v) is 3.26. The Morgan fingerprint density at radius 1 is 1.40 bits per heavy atom. The molecule has 0 unspecified atom stereocenters. The van der Waals surface area contributed by atoms with Crippen LogP contribution in [-0.4, -0.2) is 82.8 Å². The summed E-state index contributed by atoms with van der Waals surface area (Å²) in [4.78, 5) is 13.7. The lowest BCUT2D eigenvalue weighted by molar-refractivity contribution is -0.126. The van der Waals surface area contributed by atoms with Crippen LogP contribution < -0.4 is 5.32 Å². The molecule has 0 aromatic rings. The van der Waals surface area contributed by atoms with Crippen LogP contribution in [0, 0.1) is 5.92 Å². The van der Waals surface area contributed by atoms with Crippen LogP contribution in [0.2, 0.25) is 0 Å². The smallest absolute Gasteiger partial charge is 0.246 e. The molecule has 1 rings (SSSR count). The number of carbonyl (C=O) groups excluding carboxylic acids is 1. The van der Waals surface area contributed by atoms with E-state index >= 15 is 0 Å². The zero-order valence-electron chi connectivity index (χ0n) is 12.6. The molecule has 0 aromatic carbocycles. The number of amides is 1. The molecule has 1 fully saturated rings. The summed E-state index contributed by atoms with van der Waals surface area (Å²) in [6, 6.07) is -0.167. The van der Waals surface area contributed by atoms with Gasteiger partial charge < -0.3 is 15.0 Å². The highest BCUT2D eigenvalue weighted by molar-refractivity contribution is 7.88. The van der Waals surface area contributed by atoms with Crippen LogP contribution in [0.25, 0.3) is 0 Å². The van der Waals surface area contributed by atoms with Crippen LogP contribution in [-0.2, 0) is 19.6 Å². The average Bonchev–Trinajstić information content (AvgIpc) is 2.68. The van der Waals surface area contributed by atoms with Gasteiger partial charge in [-0.3, -0.25) is 4.79 Å². The minimum atomic E-state index is -3.22. The van der Waals surface area contributed by atoms with Gasteiger partial charge in [0.05, 0.1) is 6.26 Å². The Labute approximate surface area is 121 Å². The second-order valence-electron chi connectivity index (χ2n) is 5.41. The second-order valence-corrected chi connectivity index (χ2v) is 7.40. The van der Waals surface area contributed by atoms with Gasteiger partial charge in [-0.05, 0) is 21.0 Å². The predicted molar refractivity (Wildman–Crippen MR) is 76.9 cm³/mol. The summed E-state index contributed by atoms with van der Waals surface area (Å²) in [6.45, 7) is 3.82. The van der Waals surface area contributed by atoms with Crippen molar-refractivity contribution >= 4 is 15.9 Å². The van der Waals surface area contributed by atoms with E-state index in [2.05, 4.69) is 5.32 Å². The first-order valence-electron chi connectivity index (χ1n) is 6.71. The lowest BCUT2D eigenvalue weighted by Gasteiger charge is -2.22. The van der Waals surface area contributed by atoms with Crippen molar-refractivity contribution in [3.63, 3.8) is 0 Å². The van der Waals surface area contributed by atoms with E-state index in [0.717, 1.165) is 6.54 Å². The van der Waals surface area contributed by atoms with Crippen LogP contribution >= 0.6 is 0 Å². The maximum Gasteiger partial charge on any atom is 0.246 e. The zero-order valence-corrected chi connectivity index (χ0v) is 13.4. The van der Waals surface area contributed by atoms with Crippen molar-refractivity contribution in [1.82, 2.24) is 14.5 Å². The zero-order chi connectivity index (χ0) is 15.3.